The Morgan fingerprint density at radius 2 is 1.90 bits per heavy atom. The fourth-order valence-corrected chi connectivity index (χ4v) is 2.41. The van der Waals surface area contributed by atoms with Crippen molar-refractivity contribution in [1.29, 1.82) is 0 Å². The zero-order valence-electron chi connectivity index (χ0n) is 12.1. The quantitative estimate of drug-likeness (QED) is 0.795. The summed E-state index contributed by atoms with van der Waals surface area (Å²) in [5, 5.41) is 0. The summed E-state index contributed by atoms with van der Waals surface area (Å²) in [6.45, 7) is 5.30. The molecule has 4 nitrogen and oxygen atoms in total. The number of ketones is 1. The highest BCUT2D eigenvalue weighted by Crippen LogP contribution is 2.39. The average molecular weight is 274 g/mol. The van der Waals surface area contributed by atoms with Crippen LogP contribution in [-0.2, 0) is 19.7 Å². The van der Waals surface area contributed by atoms with Gasteiger partial charge in [0.2, 0.25) is 0 Å². The highest BCUT2D eigenvalue weighted by Gasteiger charge is 2.47. The van der Waals surface area contributed by atoms with Gasteiger partial charge < -0.3 is 9.47 Å². The minimum Gasteiger partial charge on any atom is -0.499 e. The third-order valence-corrected chi connectivity index (χ3v) is 3.46. The second-order valence-electron chi connectivity index (χ2n) is 5.20. The Morgan fingerprint density at radius 1 is 1.25 bits per heavy atom. The lowest BCUT2D eigenvalue weighted by atomic mass is 9.73. The van der Waals surface area contributed by atoms with Crippen molar-refractivity contribution in [3.05, 3.63) is 47.2 Å². The molecule has 4 heteroatoms. The monoisotopic (exact) mass is 274 g/mol. The van der Waals surface area contributed by atoms with Crippen LogP contribution in [0.5, 0.6) is 0 Å². The summed E-state index contributed by atoms with van der Waals surface area (Å²) in [7, 11) is 1.45. The normalized spacial score (nSPS) is 21.2. The largest absolute Gasteiger partial charge is 0.499 e. The molecule has 1 unspecified atom stereocenters. The molecule has 0 saturated carbocycles. The van der Waals surface area contributed by atoms with Crippen LogP contribution in [0.3, 0.4) is 0 Å². The van der Waals surface area contributed by atoms with Gasteiger partial charge in [0.1, 0.15) is 11.2 Å². The molecule has 0 heterocycles. The first-order valence-electron chi connectivity index (χ1n) is 6.52. The smallest absolute Gasteiger partial charge is 0.324 e. The number of benzene rings is 1. The van der Waals surface area contributed by atoms with Crippen molar-refractivity contribution in [2.45, 2.75) is 32.3 Å². The minimum absolute atomic E-state index is 0.160. The van der Waals surface area contributed by atoms with Gasteiger partial charge in [-0.1, -0.05) is 24.3 Å². The van der Waals surface area contributed by atoms with E-state index in [2.05, 4.69) is 0 Å². The lowest BCUT2D eigenvalue weighted by Crippen LogP contribution is -2.41. The molecule has 1 aromatic rings. The Bertz CT molecular complexity index is 586. The first-order chi connectivity index (χ1) is 9.41. The molecule has 0 N–H and O–H groups in total. The van der Waals surface area contributed by atoms with Gasteiger partial charge in [-0.25, -0.2) is 0 Å². The van der Waals surface area contributed by atoms with Crippen LogP contribution in [0.25, 0.3) is 0 Å². The number of hydrogen-bond acceptors (Lipinski definition) is 4. The third-order valence-electron chi connectivity index (χ3n) is 3.46. The van der Waals surface area contributed by atoms with E-state index < -0.39 is 11.4 Å². The lowest BCUT2D eigenvalue weighted by Gasteiger charge is -2.33. The highest BCUT2D eigenvalue weighted by molar-refractivity contribution is 6.10. The lowest BCUT2D eigenvalue weighted by molar-refractivity contribution is -0.153. The zero-order valence-corrected chi connectivity index (χ0v) is 12.1. The molecule has 0 aromatic heterocycles. The third kappa shape index (κ3) is 2.11. The van der Waals surface area contributed by atoms with Crippen molar-refractivity contribution in [3.63, 3.8) is 0 Å². The summed E-state index contributed by atoms with van der Waals surface area (Å²) in [5.41, 5.74) is 0.0373. The van der Waals surface area contributed by atoms with Crippen molar-refractivity contribution in [1.82, 2.24) is 0 Å². The summed E-state index contributed by atoms with van der Waals surface area (Å²) < 4.78 is 10.6. The van der Waals surface area contributed by atoms with Gasteiger partial charge in [0.05, 0.1) is 13.2 Å². The second kappa shape index (κ2) is 5.12. The van der Waals surface area contributed by atoms with Crippen molar-refractivity contribution >= 4 is 11.8 Å². The van der Waals surface area contributed by atoms with Crippen LogP contribution >= 0.6 is 0 Å². The maximum absolute atomic E-state index is 12.5. The molecule has 1 aliphatic carbocycles. The van der Waals surface area contributed by atoms with Crippen molar-refractivity contribution in [3.8, 4) is 0 Å². The summed E-state index contributed by atoms with van der Waals surface area (Å²) in [5.74, 6) is -0.264. The Kier molecular flexibility index (Phi) is 3.66. The fraction of sp³-hybridized carbons (Fsp3) is 0.375. The van der Waals surface area contributed by atoms with Crippen molar-refractivity contribution < 1.29 is 19.1 Å². The maximum Gasteiger partial charge on any atom is 0.324 e. The first-order valence-corrected chi connectivity index (χ1v) is 6.52. The number of carbonyl (C=O) groups is 2. The number of ether oxygens (including phenoxy) is 2. The predicted octanol–water partition coefficient (Wildman–Crippen LogP) is 2.62. The molecule has 0 spiro atoms. The van der Waals surface area contributed by atoms with Crippen LogP contribution in [0, 0.1) is 0 Å². The van der Waals surface area contributed by atoms with E-state index >= 15 is 0 Å². The minimum atomic E-state index is -1.09. The van der Waals surface area contributed by atoms with Crippen LogP contribution in [0.1, 0.15) is 36.7 Å². The topological polar surface area (TPSA) is 52.6 Å². The molecule has 0 bridgehead atoms. The Balaban J connectivity index is 2.60. The number of hydrogen-bond donors (Lipinski definition) is 0. The van der Waals surface area contributed by atoms with Crippen molar-refractivity contribution in [2.75, 3.05) is 7.11 Å². The van der Waals surface area contributed by atoms with E-state index in [-0.39, 0.29) is 11.9 Å². The van der Waals surface area contributed by atoms with E-state index in [0.29, 0.717) is 16.9 Å². The van der Waals surface area contributed by atoms with Gasteiger partial charge in [0.15, 0.2) is 5.78 Å². The standard InChI is InChI=1S/C16H18O4/c1-10(2)20-15(18)16(3)12-8-6-5-7-11(12)13(17)9-14(16)19-4/h5-10H,1-4H3. The van der Waals surface area contributed by atoms with E-state index in [1.165, 1.54) is 13.2 Å². The van der Waals surface area contributed by atoms with Gasteiger partial charge in [-0.3, -0.25) is 9.59 Å². The Hall–Kier alpha value is -2.10. The average Bonchev–Trinajstić information content (AvgIpc) is 2.42. The van der Waals surface area contributed by atoms with E-state index in [1.54, 1.807) is 45.0 Å². The van der Waals surface area contributed by atoms with Gasteiger partial charge in [0.25, 0.3) is 0 Å². The fourth-order valence-electron chi connectivity index (χ4n) is 2.41. The summed E-state index contributed by atoms with van der Waals surface area (Å²) in [6.07, 6.45) is 1.13. The Labute approximate surface area is 118 Å². The number of carbonyl (C=O) groups excluding carboxylic acids is 2. The number of fused-ring (bicyclic) bond motifs is 1. The SMILES string of the molecule is COC1=CC(=O)c2ccccc2C1(C)C(=O)OC(C)C. The molecule has 1 atom stereocenters. The van der Waals surface area contributed by atoms with Gasteiger partial charge in [-0.15, -0.1) is 0 Å². The first kappa shape index (κ1) is 14.3. The summed E-state index contributed by atoms with van der Waals surface area (Å²) in [4.78, 5) is 24.6. The van der Waals surface area contributed by atoms with Crippen LogP contribution < -0.4 is 0 Å². The summed E-state index contributed by atoms with van der Waals surface area (Å²) in [6, 6.07) is 7.05. The zero-order chi connectivity index (χ0) is 14.9. The van der Waals surface area contributed by atoms with Gasteiger partial charge in [0, 0.05) is 11.6 Å². The molecule has 0 fully saturated rings. The molecule has 0 aliphatic heterocycles. The molecule has 2 rings (SSSR count). The summed E-state index contributed by atoms with van der Waals surface area (Å²) >= 11 is 0. The van der Waals surface area contributed by atoms with Crippen LogP contribution in [0.4, 0.5) is 0 Å². The molecular formula is C16H18O4. The van der Waals surface area contributed by atoms with Crippen LogP contribution in [0.2, 0.25) is 0 Å². The van der Waals surface area contributed by atoms with Crippen LogP contribution in [-0.4, -0.2) is 25.0 Å². The van der Waals surface area contributed by atoms with Gasteiger partial charge >= 0.3 is 5.97 Å². The van der Waals surface area contributed by atoms with E-state index in [1.807, 2.05) is 0 Å². The molecule has 106 valence electrons. The maximum atomic E-state index is 12.5. The predicted molar refractivity (Wildman–Crippen MR) is 74.4 cm³/mol. The Morgan fingerprint density at radius 3 is 2.50 bits per heavy atom. The number of rotatable bonds is 3. The molecular weight excluding hydrogens is 256 g/mol. The number of allylic oxidation sites excluding steroid dienone is 1. The second-order valence-corrected chi connectivity index (χ2v) is 5.20. The molecule has 1 aliphatic rings. The molecule has 20 heavy (non-hydrogen) atoms. The van der Waals surface area contributed by atoms with Gasteiger partial charge in [-0.05, 0) is 26.3 Å². The van der Waals surface area contributed by atoms with Gasteiger partial charge in [-0.2, -0.15) is 0 Å². The van der Waals surface area contributed by atoms with Crippen LogP contribution in [0.15, 0.2) is 36.1 Å². The molecule has 0 amide bonds. The van der Waals surface area contributed by atoms with E-state index in [0.717, 1.165) is 0 Å². The molecule has 0 radical (unpaired) electrons. The number of methoxy groups -OCH3 is 1. The number of esters is 1. The van der Waals surface area contributed by atoms with E-state index in [9.17, 15) is 9.59 Å². The van der Waals surface area contributed by atoms with Crippen molar-refractivity contribution in [2.24, 2.45) is 0 Å². The molecule has 1 aromatic carbocycles. The highest BCUT2D eigenvalue weighted by atomic mass is 16.5. The molecule has 0 saturated heterocycles. The van der Waals surface area contributed by atoms with E-state index in [4.69, 9.17) is 9.47 Å².